The van der Waals surface area contributed by atoms with Gasteiger partial charge in [0.2, 0.25) is 0 Å². The fourth-order valence-electron chi connectivity index (χ4n) is 4.31. The SMILES string of the molecule is O=C(c1cn2c(n1)CCCC2)N1CCOC[C@@H]1[C@@H]1CCC[C@@H]1O. The maximum Gasteiger partial charge on any atom is 0.274 e. The first-order valence-corrected chi connectivity index (χ1v) is 8.87. The summed E-state index contributed by atoms with van der Waals surface area (Å²) >= 11 is 0. The Kier molecular flexibility index (Phi) is 4.11. The van der Waals surface area contributed by atoms with Crippen LogP contribution in [0.4, 0.5) is 0 Å². The highest BCUT2D eigenvalue weighted by atomic mass is 16.5. The summed E-state index contributed by atoms with van der Waals surface area (Å²) in [4.78, 5) is 19.5. The van der Waals surface area contributed by atoms with E-state index in [4.69, 9.17) is 4.74 Å². The van der Waals surface area contributed by atoms with Crippen LogP contribution in [0.5, 0.6) is 0 Å². The molecule has 1 saturated heterocycles. The van der Waals surface area contributed by atoms with Gasteiger partial charge in [-0.1, -0.05) is 6.42 Å². The second kappa shape index (κ2) is 6.24. The quantitative estimate of drug-likeness (QED) is 0.890. The first-order valence-electron chi connectivity index (χ1n) is 8.87. The molecular weight excluding hydrogens is 294 g/mol. The smallest absolute Gasteiger partial charge is 0.274 e. The number of carbonyl (C=O) groups excluding carboxylic acids is 1. The van der Waals surface area contributed by atoms with Crippen molar-refractivity contribution in [2.24, 2.45) is 5.92 Å². The Balaban J connectivity index is 1.56. The number of hydrogen-bond donors (Lipinski definition) is 1. The molecule has 3 aliphatic rings. The summed E-state index contributed by atoms with van der Waals surface area (Å²) in [6, 6.07) is -0.0209. The average Bonchev–Trinajstić information content (AvgIpc) is 3.20. The van der Waals surface area contributed by atoms with Crippen LogP contribution in [0.25, 0.3) is 0 Å². The van der Waals surface area contributed by atoms with E-state index in [9.17, 15) is 9.90 Å². The minimum Gasteiger partial charge on any atom is -0.393 e. The lowest BCUT2D eigenvalue weighted by Gasteiger charge is -2.39. The molecule has 4 rings (SSSR count). The Labute approximate surface area is 136 Å². The molecule has 3 heterocycles. The van der Waals surface area contributed by atoms with Gasteiger partial charge >= 0.3 is 0 Å². The molecule has 0 radical (unpaired) electrons. The lowest BCUT2D eigenvalue weighted by Crippen LogP contribution is -2.53. The molecule has 6 heteroatoms. The van der Waals surface area contributed by atoms with E-state index in [1.54, 1.807) is 0 Å². The number of amides is 1. The van der Waals surface area contributed by atoms with Crippen LogP contribution in [0.2, 0.25) is 0 Å². The third-order valence-electron chi connectivity index (χ3n) is 5.58. The molecule has 2 fully saturated rings. The van der Waals surface area contributed by atoms with E-state index in [-0.39, 0.29) is 24.0 Å². The van der Waals surface area contributed by atoms with E-state index in [2.05, 4.69) is 9.55 Å². The number of morpholine rings is 1. The van der Waals surface area contributed by atoms with Gasteiger partial charge in [0.25, 0.3) is 5.91 Å². The maximum atomic E-state index is 13.0. The molecule has 2 aliphatic heterocycles. The lowest BCUT2D eigenvalue weighted by molar-refractivity contribution is -0.0385. The normalized spacial score (nSPS) is 31.2. The fourth-order valence-corrected chi connectivity index (χ4v) is 4.31. The molecule has 0 unspecified atom stereocenters. The predicted octanol–water partition coefficient (Wildman–Crippen LogP) is 1.22. The van der Waals surface area contributed by atoms with Gasteiger partial charge in [-0.15, -0.1) is 0 Å². The highest BCUT2D eigenvalue weighted by molar-refractivity contribution is 5.92. The van der Waals surface area contributed by atoms with Crippen molar-refractivity contribution >= 4 is 5.91 Å². The van der Waals surface area contributed by atoms with Gasteiger partial charge < -0.3 is 19.3 Å². The lowest BCUT2D eigenvalue weighted by atomic mass is 9.94. The molecule has 23 heavy (non-hydrogen) atoms. The number of carbonyl (C=O) groups is 1. The van der Waals surface area contributed by atoms with Crippen LogP contribution in [0, 0.1) is 5.92 Å². The van der Waals surface area contributed by atoms with Crippen LogP contribution in [-0.4, -0.2) is 57.4 Å². The summed E-state index contributed by atoms with van der Waals surface area (Å²) in [5.41, 5.74) is 0.557. The van der Waals surface area contributed by atoms with Crippen molar-refractivity contribution in [3.05, 3.63) is 17.7 Å². The van der Waals surface area contributed by atoms with Gasteiger partial charge in [0, 0.05) is 31.6 Å². The molecule has 6 nitrogen and oxygen atoms in total. The number of nitrogens with zero attached hydrogens (tertiary/aromatic N) is 3. The van der Waals surface area contributed by atoms with Crippen LogP contribution in [0.15, 0.2) is 6.20 Å². The van der Waals surface area contributed by atoms with Crippen molar-refractivity contribution in [2.75, 3.05) is 19.8 Å². The molecule has 1 aromatic heterocycles. The number of aryl methyl sites for hydroxylation is 2. The Morgan fingerprint density at radius 3 is 2.96 bits per heavy atom. The largest absolute Gasteiger partial charge is 0.393 e. The maximum absolute atomic E-state index is 13.0. The standard InChI is InChI=1S/C17H25N3O3/c21-15-5-3-4-12(15)14-11-23-9-8-20(14)17(22)13-10-19-7-2-1-6-16(19)18-13/h10,12,14-15,21H,1-9,11H2/t12-,14+,15-/m0/s1. The van der Waals surface area contributed by atoms with Crippen LogP contribution in [-0.2, 0) is 17.7 Å². The molecule has 3 atom stereocenters. The van der Waals surface area contributed by atoms with Crippen molar-refractivity contribution in [3.63, 3.8) is 0 Å². The zero-order chi connectivity index (χ0) is 15.8. The van der Waals surface area contributed by atoms with E-state index < -0.39 is 0 Å². The highest BCUT2D eigenvalue weighted by Crippen LogP contribution is 2.32. The predicted molar refractivity (Wildman–Crippen MR) is 84.2 cm³/mol. The van der Waals surface area contributed by atoms with E-state index >= 15 is 0 Å². The number of imidazole rings is 1. The summed E-state index contributed by atoms with van der Waals surface area (Å²) in [5, 5.41) is 10.2. The van der Waals surface area contributed by atoms with Crippen LogP contribution >= 0.6 is 0 Å². The zero-order valence-corrected chi connectivity index (χ0v) is 13.5. The average molecular weight is 319 g/mol. The number of hydrogen-bond acceptors (Lipinski definition) is 4. The molecule has 1 N–H and O–H groups in total. The second-order valence-corrected chi connectivity index (χ2v) is 7.00. The Hall–Kier alpha value is -1.40. The number of aliphatic hydroxyl groups excluding tert-OH is 1. The summed E-state index contributed by atoms with van der Waals surface area (Å²) in [7, 11) is 0. The van der Waals surface area contributed by atoms with Gasteiger partial charge in [-0.25, -0.2) is 4.98 Å². The number of rotatable bonds is 2. The Morgan fingerprint density at radius 2 is 2.17 bits per heavy atom. The number of fused-ring (bicyclic) bond motifs is 1. The van der Waals surface area contributed by atoms with Gasteiger partial charge in [0.1, 0.15) is 11.5 Å². The molecule has 126 valence electrons. The Morgan fingerprint density at radius 1 is 1.26 bits per heavy atom. The van der Waals surface area contributed by atoms with Crippen molar-refractivity contribution in [3.8, 4) is 0 Å². The van der Waals surface area contributed by atoms with Crippen molar-refractivity contribution in [2.45, 2.75) is 57.2 Å². The highest BCUT2D eigenvalue weighted by Gasteiger charge is 2.40. The van der Waals surface area contributed by atoms with Crippen LogP contribution < -0.4 is 0 Å². The monoisotopic (exact) mass is 319 g/mol. The zero-order valence-electron chi connectivity index (χ0n) is 13.5. The van der Waals surface area contributed by atoms with E-state index in [0.29, 0.717) is 25.5 Å². The molecular formula is C17H25N3O3. The van der Waals surface area contributed by atoms with Gasteiger partial charge in [0.05, 0.1) is 25.4 Å². The summed E-state index contributed by atoms with van der Waals surface area (Å²) in [6.07, 6.45) is 7.70. The minimum atomic E-state index is -0.313. The topological polar surface area (TPSA) is 67.6 Å². The Bertz CT molecular complexity index is 562. The summed E-state index contributed by atoms with van der Waals surface area (Å²) in [6.45, 7) is 2.65. The van der Waals surface area contributed by atoms with Crippen molar-refractivity contribution in [1.29, 1.82) is 0 Å². The second-order valence-electron chi connectivity index (χ2n) is 7.00. The third-order valence-corrected chi connectivity index (χ3v) is 5.58. The number of ether oxygens (including phenoxy) is 1. The molecule has 1 saturated carbocycles. The third kappa shape index (κ3) is 2.78. The molecule has 1 aromatic rings. The van der Waals surface area contributed by atoms with Gasteiger partial charge in [-0.2, -0.15) is 0 Å². The molecule has 0 aromatic carbocycles. The molecule has 1 amide bonds. The van der Waals surface area contributed by atoms with Gasteiger partial charge in [-0.05, 0) is 25.7 Å². The summed E-state index contributed by atoms with van der Waals surface area (Å²) in [5.74, 6) is 1.17. The van der Waals surface area contributed by atoms with E-state index in [1.165, 1.54) is 0 Å². The molecule has 1 aliphatic carbocycles. The fraction of sp³-hybridized carbons (Fsp3) is 0.765. The van der Waals surface area contributed by atoms with Crippen molar-refractivity contribution < 1.29 is 14.6 Å². The molecule has 0 bridgehead atoms. The van der Waals surface area contributed by atoms with E-state index in [1.807, 2.05) is 11.1 Å². The summed E-state index contributed by atoms with van der Waals surface area (Å²) < 4.78 is 7.73. The number of aliphatic hydroxyl groups is 1. The van der Waals surface area contributed by atoms with Gasteiger partial charge in [0.15, 0.2) is 0 Å². The minimum absolute atomic E-state index is 0.000648. The number of aromatic nitrogens is 2. The van der Waals surface area contributed by atoms with Gasteiger partial charge in [-0.3, -0.25) is 4.79 Å². The first kappa shape index (κ1) is 15.1. The van der Waals surface area contributed by atoms with Crippen molar-refractivity contribution in [1.82, 2.24) is 14.5 Å². The van der Waals surface area contributed by atoms with E-state index in [0.717, 1.165) is 50.9 Å². The van der Waals surface area contributed by atoms with Crippen LogP contribution in [0.1, 0.15) is 48.4 Å². The van der Waals surface area contributed by atoms with Crippen LogP contribution in [0.3, 0.4) is 0 Å². The molecule has 0 spiro atoms. The first-order chi connectivity index (χ1) is 11.2.